The molecular formula is C15H24N2. The van der Waals surface area contributed by atoms with Crippen LogP contribution >= 0.6 is 0 Å². The summed E-state index contributed by atoms with van der Waals surface area (Å²) in [5.41, 5.74) is 3.17. The minimum atomic E-state index is 0.339. The largest absolute Gasteiger partial charge is 0.385 e. The maximum absolute atomic E-state index is 3.51. The summed E-state index contributed by atoms with van der Waals surface area (Å²) in [7, 11) is 2.20. The van der Waals surface area contributed by atoms with Crippen molar-refractivity contribution in [1.29, 1.82) is 0 Å². The van der Waals surface area contributed by atoms with E-state index in [1.165, 1.54) is 30.6 Å². The van der Waals surface area contributed by atoms with Gasteiger partial charge in [0.25, 0.3) is 0 Å². The Morgan fingerprint density at radius 3 is 2.88 bits per heavy atom. The normalized spacial score (nSPS) is 23.3. The van der Waals surface area contributed by atoms with Gasteiger partial charge < -0.3 is 10.2 Å². The van der Waals surface area contributed by atoms with Gasteiger partial charge >= 0.3 is 0 Å². The third kappa shape index (κ3) is 2.63. The van der Waals surface area contributed by atoms with Gasteiger partial charge in [-0.15, -0.1) is 0 Å². The van der Waals surface area contributed by atoms with Crippen LogP contribution in [0.5, 0.6) is 0 Å². The van der Waals surface area contributed by atoms with Crippen molar-refractivity contribution in [3.63, 3.8) is 0 Å². The molecular weight excluding hydrogens is 208 g/mol. The third-order valence-corrected chi connectivity index (χ3v) is 4.15. The molecule has 1 heterocycles. The van der Waals surface area contributed by atoms with Crippen LogP contribution in [0.4, 0.5) is 5.69 Å². The Hall–Kier alpha value is -1.02. The first-order valence-corrected chi connectivity index (χ1v) is 6.67. The van der Waals surface area contributed by atoms with Gasteiger partial charge in [0, 0.05) is 12.2 Å². The van der Waals surface area contributed by atoms with Gasteiger partial charge in [-0.1, -0.05) is 32.0 Å². The summed E-state index contributed by atoms with van der Waals surface area (Å²) in [6.07, 6.45) is 2.48. The number of rotatable bonds is 4. The summed E-state index contributed by atoms with van der Waals surface area (Å²) in [5, 5.41) is 3.51. The number of para-hydroxylation sites is 1. The first kappa shape index (κ1) is 12.4. The van der Waals surface area contributed by atoms with Gasteiger partial charge in [0.1, 0.15) is 0 Å². The Bertz CT molecular complexity index is 375. The lowest BCUT2D eigenvalue weighted by molar-refractivity contribution is 0.288. The van der Waals surface area contributed by atoms with Crippen molar-refractivity contribution in [1.82, 2.24) is 4.90 Å². The number of fused-ring (bicyclic) bond motifs is 1. The Labute approximate surface area is 105 Å². The number of benzene rings is 1. The molecule has 1 atom stereocenters. The standard InChI is InChI=1S/C15H24N2/c1-4-17(3)12-10-15(2)9-11-16-14-8-6-5-7-13(14)15/h5-8,16H,4,9-12H2,1-3H3. The van der Waals surface area contributed by atoms with Crippen molar-refractivity contribution >= 4 is 5.69 Å². The Morgan fingerprint density at radius 2 is 2.12 bits per heavy atom. The SMILES string of the molecule is CCN(C)CCC1(C)CCNc2ccccc21. The average Bonchev–Trinajstić information content (AvgIpc) is 2.37. The van der Waals surface area contributed by atoms with Crippen LogP contribution < -0.4 is 5.32 Å². The van der Waals surface area contributed by atoms with E-state index in [4.69, 9.17) is 0 Å². The van der Waals surface area contributed by atoms with E-state index < -0.39 is 0 Å². The monoisotopic (exact) mass is 232 g/mol. The van der Waals surface area contributed by atoms with Crippen molar-refractivity contribution in [2.24, 2.45) is 0 Å². The molecule has 1 aliphatic rings. The molecule has 1 N–H and O–H groups in total. The van der Waals surface area contributed by atoms with E-state index in [1.54, 1.807) is 0 Å². The van der Waals surface area contributed by atoms with Crippen LogP contribution in [0.2, 0.25) is 0 Å². The van der Waals surface area contributed by atoms with Crippen LogP contribution in [0.1, 0.15) is 32.3 Å². The van der Waals surface area contributed by atoms with E-state index in [-0.39, 0.29) is 0 Å². The first-order chi connectivity index (χ1) is 8.15. The predicted molar refractivity (Wildman–Crippen MR) is 74.7 cm³/mol. The molecule has 1 unspecified atom stereocenters. The minimum Gasteiger partial charge on any atom is -0.385 e. The summed E-state index contributed by atoms with van der Waals surface area (Å²) in [6, 6.07) is 8.77. The van der Waals surface area contributed by atoms with E-state index in [9.17, 15) is 0 Å². The fourth-order valence-corrected chi connectivity index (χ4v) is 2.63. The molecule has 2 nitrogen and oxygen atoms in total. The van der Waals surface area contributed by atoms with Crippen molar-refractivity contribution < 1.29 is 0 Å². The smallest absolute Gasteiger partial charge is 0.0378 e. The second-order valence-corrected chi connectivity index (χ2v) is 5.43. The van der Waals surface area contributed by atoms with Crippen LogP contribution in [0, 0.1) is 0 Å². The van der Waals surface area contributed by atoms with E-state index in [1.807, 2.05) is 0 Å². The zero-order valence-electron chi connectivity index (χ0n) is 11.3. The number of nitrogens with one attached hydrogen (secondary N) is 1. The second kappa shape index (κ2) is 5.09. The van der Waals surface area contributed by atoms with Crippen LogP contribution in [0.3, 0.4) is 0 Å². The van der Waals surface area contributed by atoms with Crippen LogP contribution in [0.25, 0.3) is 0 Å². The molecule has 0 saturated carbocycles. The van der Waals surface area contributed by atoms with Gasteiger partial charge in [-0.05, 0) is 50.0 Å². The quantitative estimate of drug-likeness (QED) is 0.858. The maximum atomic E-state index is 3.51. The van der Waals surface area contributed by atoms with Crippen molar-refractivity contribution in [2.75, 3.05) is 32.0 Å². The van der Waals surface area contributed by atoms with Crippen LogP contribution in [-0.4, -0.2) is 31.6 Å². The average molecular weight is 232 g/mol. The zero-order valence-corrected chi connectivity index (χ0v) is 11.3. The summed E-state index contributed by atoms with van der Waals surface area (Å²) in [4.78, 5) is 2.40. The molecule has 0 radical (unpaired) electrons. The Kier molecular flexibility index (Phi) is 3.72. The molecule has 0 aromatic heterocycles. The summed E-state index contributed by atoms with van der Waals surface area (Å²) >= 11 is 0. The molecule has 0 aliphatic carbocycles. The first-order valence-electron chi connectivity index (χ1n) is 6.67. The van der Waals surface area contributed by atoms with Crippen molar-refractivity contribution in [3.05, 3.63) is 29.8 Å². The maximum Gasteiger partial charge on any atom is 0.0378 e. The molecule has 0 spiro atoms. The molecule has 94 valence electrons. The van der Waals surface area contributed by atoms with E-state index in [0.29, 0.717) is 5.41 Å². The highest BCUT2D eigenvalue weighted by Gasteiger charge is 2.31. The molecule has 1 aromatic rings. The number of hydrogen-bond acceptors (Lipinski definition) is 2. The van der Waals surface area contributed by atoms with Crippen molar-refractivity contribution in [3.8, 4) is 0 Å². The van der Waals surface area contributed by atoms with Gasteiger partial charge in [0.2, 0.25) is 0 Å². The van der Waals surface area contributed by atoms with Crippen LogP contribution in [0.15, 0.2) is 24.3 Å². The minimum absolute atomic E-state index is 0.339. The highest BCUT2D eigenvalue weighted by atomic mass is 15.1. The van der Waals surface area contributed by atoms with E-state index in [2.05, 4.69) is 55.4 Å². The van der Waals surface area contributed by atoms with Gasteiger partial charge in [-0.2, -0.15) is 0 Å². The summed E-state index contributed by atoms with van der Waals surface area (Å²) < 4.78 is 0. The molecule has 1 aliphatic heterocycles. The van der Waals surface area contributed by atoms with Gasteiger partial charge in [-0.25, -0.2) is 0 Å². The van der Waals surface area contributed by atoms with E-state index >= 15 is 0 Å². The predicted octanol–water partition coefficient (Wildman–Crippen LogP) is 3.10. The molecule has 0 amide bonds. The highest BCUT2D eigenvalue weighted by Crippen LogP contribution is 2.39. The molecule has 2 heteroatoms. The lowest BCUT2D eigenvalue weighted by Crippen LogP contribution is -2.34. The topological polar surface area (TPSA) is 15.3 Å². The number of hydrogen-bond donors (Lipinski definition) is 1. The lowest BCUT2D eigenvalue weighted by atomic mass is 9.74. The number of nitrogens with zero attached hydrogens (tertiary/aromatic N) is 1. The molecule has 0 saturated heterocycles. The van der Waals surface area contributed by atoms with E-state index in [0.717, 1.165) is 13.1 Å². The molecule has 0 fully saturated rings. The molecule has 0 bridgehead atoms. The summed E-state index contributed by atoms with van der Waals surface area (Å²) in [6.45, 7) is 8.05. The number of anilines is 1. The Morgan fingerprint density at radius 1 is 1.35 bits per heavy atom. The molecule has 17 heavy (non-hydrogen) atoms. The second-order valence-electron chi connectivity index (χ2n) is 5.43. The molecule has 2 rings (SSSR count). The highest BCUT2D eigenvalue weighted by molar-refractivity contribution is 5.56. The van der Waals surface area contributed by atoms with Gasteiger partial charge in [-0.3, -0.25) is 0 Å². The van der Waals surface area contributed by atoms with Gasteiger partial charge in [0.15, 0.2) is 0 Å². The van der Waals surface area contributed by atoms with Crippen molar-refractivity contribution in [2.45, 2.75) is 32.1 Å². The van der Waals surface area contributed by atoms with Gasteiger partial charge in [0.05, 0.1) is 0 Å². The van der Waals surface area contributed by atoms with Crippen LogP contribution in [-0.2, 0) is 5.41 Å². The lowest BCUT2D eigenvalue weighted by Gasteiger charge is -2.37. The Balaban J connectivity index is 2.15. The third-order valence-electron chi connectivity index (χ3n) is 4.15. The summed E-state index contributed by atoms with van der Waals surface area (Å²) in [5.74, 6) is 0. The fraction of sp³-hybridized carbons (Fsp3) is 0.600. The zero-order chi connectivity index (χ0) is 12.3. The molecule has 1 aromatic carbocycles. The fourth-order valence-electron chi connectivity index (χ4n) is 2.63.